The zero-order valence-electron chi connectivity index (χ0n) is 15.4. The van der Waals surface area contributed by atoms with E-state index in [1.165, 1.54) is 0 Å². The molecule has 3 nitrogen and oxygen atoms in total. The number of benzene rings is 3. The summed E-state index contributed by atoms with van der Waals surface area (Å²) in [4.78, 5) is 12.8. The van der Waals surface area contributed by atoms with Gasteiger partial charge in [0.25, 0.3) is 0 Å². The molecule has 0 saturated carbocycles. The molecule has 0 unspecified atom stereocenters. The van der Waals surface area contributed by atoms with Crippen molar-refractivity contribution in [2.24, 2.45) is 0 Å². The van der Waals surface area contributed by atoms with Gasteiger partial charge in [-0.3, -0.25) is 4.79 Å². The summed E-state index contributed by atoms with van der Waals surface area (Å²) in [6.45, 7) is 1.90. The van der Waals surface area contributed by atoms with Gasteiger partial charge in [-0.25, -0.2) is 0 Å². The zero-order valence-corrected chi connectivity index (χ0v) is 16.2. The number of amides is 1. The summed E-state index contributed by atoms with van der Waals surface area (Å²) < 4.78 is 5.36. The van der Waals surface area contributed by atoms with Crippen LogP contribution < -0.4 is 10.1 Å². The first-order valence-electron chi connectivity index (χ1n) is 8.82. The summed E-state index contributed by atoms with van der Waals surface area (Å²) in [6, 6.07) is 23.7. The lowest BCUT2D eigenvalue weighted by molar-refractivity contribution is -0.116. The van der Waals surface area contributed by atoms with Gasteiger partial charge in [0.2, 0.25) is 5.91 Å². The number of carbonyl (C=O) groups is 1. The van der Waals surface area contributed by atoms with Gasteiger partial charge < -0.3 is 10.1 Å². The quantitative estimate of drug-likeness (QED) is 0.586. The maximum absolute atomic E-state index is 12.8. The zero-order chi connectivity index (χ0) is 19.2. The van der Waals surface area contributed by atoms with Gasteiger partial charge in [0, 0.05) is 23.4 Å². The lowest BCUT2D eigenvalue weighted by Gasteiger charge is -2.19. The van der Waals surface area contributed by atoms with Crippen molar-refractivity contribution in [1.29, 1.82) is 0 Å². The van der Waals surface area contributed by atoms with E-state index < -0.39 is 0 Å². The Bertz CT molecular complexity index is 871. The average Bonchev–Trinajstić information content (AvgIpc) is 2.70. The van der Waals surface area contributed by atoms with E-state index in [4.69, 9.17) is 16.3 Å². The van der Waals surface area contributed by atoms with Gasteiger partial charge in [-0.2, -0.15) is 0 Å². The van der Waals surface area contributed by atoms with Crippen molar-refractivity contribution >= 4 is 23.2 Å². The number of ether oxygens (including phenoxy) is 1. The fourth-order valence-electron chi connectivity index (χ4n) is 3.12. The predicted octanol–water partition coefficient (Wildman–Crippen LogP) is 5.82. The van der Waals surface area contributed by atoms with Crippen molar-refractivity contribution in [3.63, 3.8) is 0 Å². The average molecular weight is 380 g/mol. The van der Waals surface area contributed by atoms with Crippen LogP contribution in [0.1, 0.15) is 29.0 Å². The molecular weight excluding hydrogens is 358 g/mol. The standard InChI is InChI=1S/C23H22ClNO2/c1-16-13-21(22(27-2)15-20(16)24)25-23(26)14-19(17-9-5-3-6-10-17)18-11-7-4-8-12-18/h3-13,15,19H,14H2,1-2H3,(H,25,26). The molecule has 0 atom stereocenters. The van der Waals surface area contributed by atoms with E-state index in [-0.39, 0.29) is 11.8 Å². The third kappa shape index (κ3) is 4.69. The van der Waals surface area contributed by atoms with Crippen molar-refractivity contribution in [1.82, 2.24) is 0 Å². The van der Waals surface area contributed by atoms with Crippen LogP contribution in [0.5, 0.6) is 5.75 Å². The van der Waals surface area contributed by atoms with Crippen LogP contribution in [-0.2, 0) is 4.79 Å². The van der Waals surface area contributed by atoms with Gasteiger partial charge in [-0.1, -0.05) is 72.3 Å². The maximum Gasteiger partial charge on any atom is 0.225 e. The number of hydrogen-bond donors (Lipinski definition) is 1. The maximum atomic E-state index is 12.8. The minimum atomic E-state index is -0.0762. The van der Waals surface area contributed by atoms with Crippen LogP contribution in [0, 0.1) is 6.92 Å². The molecule has 138 valence electrons. The second-order valence-corrected chi connectivity index (χ2v) is 6.84. The highest BCUT2D eigenvalue weighted by Gasteiger charge is 2.19. The Morgan fingerprint density at radius 2 is 1.56 bits per heavy atom. The fourth-order valence-corrected chi connectivity index (χ4v) is 3.27. The van der Waals surface area contributed by atoms with Gasteiger partial charge in [0.05, 0.1) is 12.8 Å². The van der Waals surface area contributed by atoms with E-state index in [1.54, 1.807) is 13.2 Å². The Labute approximate surface area is 164 Å². The molecule has 27 heavy (non-hydrogen) atoms. The topological polar surface area (TPSA) is 38.3 Å². The molecule has 3 rings (SSSR count). The first-order valence-corrected chi connectivity index (χ1v) is 9.20. The molecule has 0 radical (unpaired) electrons. The first kappa shape index (κ1) is 19.0. The molecule has 0 saturated heterocycles. The molecule has 1 N–H and O–H groups in total. The van der Waals surface area contributed by atoms with Gasteiger partial charge >= 0.3 is 0 Å². The molecule has 0 bridgehead atoms. The third-order valence-corrected chi connectivity index (χ3v) is 4.96. The molecule has 4 heteroatoms. The summed E-state index contributed by atoms with van der Waals surface area (Å²) in [6.07, 6.45) is 0.332. The summed E-state index contributed by atoms with van der Waals surface area (Å²) in [5, 5.41) is 3.58. The van der Waals surface area contributed by atoms with Crippen molar-refractivity contribution in [2.75, 3.05) is 12.4 Å². The van der Waals surface area contributed by atoms with E-state index in [2.05, 4.69) is 29.6 Å². The number of hydrogen-bond acceptors (Lipinski definition) is 2. The summed E-state index contributed by atoms with van der Waals surface area (Å²) in [5.41, 5.74) is 3.73. The predicted molar refractivity (Wildman–Crippen MR) is 111 cm³/mol. The van der Waals surface area contributed by atoms with Crippen molar-refractivity contribution in [3.05, 3.63) is 94.5 Å². The van der Waals surface area contributed by atoms with E-state index in [9.17, 15) is 4.79 Å². The molecule has 0 aromatic heterocycles. The Hall–Kier alpha value is -2.78. The molecule has 0 heterocycles. The Kier molecular flexibility index (Phi) is 6.15. The van der Waals surface area contributed by atoms with Gasteiger partial charge in [-0.15, -0.1) is 0 Å². The second-order valence-electron chi connectivity index (χ2n) is 6.43. The van der Waals surface area contributed by atoms with Gasteiger partial charge in [0.1, 0.15) is 5.75 Å². The molecule has 0 aliphatic heterocycles. The fraction of sp³-hybridized carbons (Fsp3) is 0.174. The number of nitrogens with one attached hydrogen (secondary N) is 1. The number of aryl methyl sites for hydroxylation is 1. The molecule has 0 aliphatic carbocycles. The molecule has 0 fully saturated rings. The Balaban J connectivity index is 1.85. The van der Waals surface area contributed by atoms with Crippen LogP contribution in [0.2, 0.25) is 5.02 Å². The minimum Gasteiger partial charge on any atom is -0.495 e. The second kappa shape index (κ2) is 8.74. The number of halogens is 1. The van der Waals surface area contributed by atoms with Crippen molar-refractivity contribution in [2.45, 2.75) is 19.3 Å². The summed E-state index contributed by atoms with van der Waals surface area (Å²) in [7, 11) is 1.56. The smallest absolute Gasteiger partial charge is 0.225 e. The largest absolute Gasteiger partial charge is 0.495 e. The molecule has 1 amide bonds. The highest BCUT2D eigenvalue weighted by atomic mass is 35.5. The van der Waals surface area contributed by atoms with E-state index >= 15 is 0 Å². The highest BCUT2D eigenvalue weighted by molar-refractivity contribution is 6.31. The van der Waals surface area contributed by atoms with E-state index in [0.29, 0.717) is 22.9 Å². The number of carbonyl (C=O) groups excluding carboxylic acids is 1. The normalized spacial score (nSPS) is 10.7. The Morgan fingerprint density at radius 1 is 1.00 bits per heavy atom. The monoisotopic (exact) mass is 379 g/mol. The van der Waals surface area contributed by atoms with E-state index in [1.807, 2.05) is 49.4 Å². The van der Waals surface area contributed by atoms with Crippen LogP contribution in [0.3, 0.4) is 0 Å². The molecule has 3 aromatic rings. The lowest BCUT2D eigenvalue weighted by Crippen LogP contribution is -2.17. The summed E-state index contributed by atoms with van der Waals surface area (Å²) in [5.74, 6) is 0.453. The van der Waals surface area contributed by atoms with Crippen LogP contribution in [0.4, 0.5) is 5.69 Å². The third-order valence-electron chi connectivity index (χ3n) is 4.55. The number of anilines is 1. The number of rotatable bonds is 6. The first-order chi connectivity index (χ1) is 13.1. The van der Waals surface area contributed by atoms with Crippen LogP contribution >= 0.6 is 11.6 Å². The van der Waals surface area contributed by atoms with E-state index in [0.717, 1.165) is 16.7 Å². The lowest BCUT2D eigenvalue weighted by atomic mass is 9.88. The van der Waals surface area contributed by atoms with Crippen LogP contribution in [-0.4, -0.2) is 13.0 Å². The highest BCUT2D eigenvalue weighted by Crippen LogP contribution is 2.32. The van der Waals surface area contributed by atoms with Crippen molar-refractivity contribution in [3.8, 4) is 5.75 Å². The molecule has 0 aliphatic rings. The van der Waals surface area contributed by atoms with Crippen molar-refractivity contribution < 1.29 is 9.53 Å². The SMILES string of the molecule is COc1cc(Cl)c(C)cc1NC(=O)CC(c1ccccc1)c1ccccc1. The molecule has 0 spiro atoms. The number of methoxy groups -OCH3 is 1. The molecule has 3 aromatic carbocycles. The van der Waals surface area contributed by atoms with Crippen LogP contribution in [0.15, 0.2) is 72.8 Å². The van der Waals surface area contributed by atoms with Gasteiger partial charge in [0.15, 0.2) is 0 Å². The van der Waals surface area contributed by atoms with Gasteiger partial charge in [-0.05, 0) is 29.7 Å². The molecular formula is C23H22ClNO2. The minimum absolute atomic E-state index is 0.0215. The summed E-state index contributed by atoms with van der Waals surface area (Å²) >= 11 is 6.15. The Morgan fingerprint density at radius 3 is 2.07 bits per heavy atom. The van der Waals surface area contributed by atoms with Crippen LogP contribution in [0.25, 0.3) is 0 Å².